The van der Waals surface area contributed by atoms with Gasteiger partial charge >= 0.3 is 15.2 Å². The third kappa shape index (κ3) is 4.87. The molecule has 0 radical (unpaired) electrons. The third-order valence-electron chi connectivity index (χ3n) is 1.43. The van der Waals surface area contributed by atoms with E-state index in [1.807, 2.05) is 0 Å². The second kappa shape index (κ2) is 5.74. The first-order valence-corrected chi connectivity index (χ1v) is 12.3. The summed E-state index contributed by atoms with van der Waals surface area (Å²) >= 11 is 4.24. The van der Waals surface area contributed by atoms with Crippen molar-refractivity contribution >= 4 is 52.4 Å². The molecule has 0 bridgehead atoms. The SMILES string of the molecule is CC(C)(P(=O)(O)O)P(=O)(O)O.II. The number of rotatable bonds is 2. The van der Waals surface area contributed by atoms with Crippen molar-refractivity contribution in [1.82, 2.24) is 0 Å². The summed E-state index contributed by atoms with van der Waals surface area (Å²) in [6.45, 7) is 1.66. The Morgan fingerprint density at radius 3 is 1.08 bits per heavy atom. The molecule has 0 rings (SSSR count). The molecule has 6 nitrogen and oxygen atoms in total. The van der Waals surface area contributed by atoms with Gasteiger partial charge in [0.15, 0.2) is 4.90 Å². The van der Waals surface area contributed by atoms with Crippen LogP contribution >= 0.6 is 52.4 Å². The highest BCUT2D eigenvalue weighted by molar-refractivity contribution is 15.0. The molecule has 0 aromatic heterocycles. The van der Waals surface area contributed by atoms with E-state index in [1.54, 1.807) is 0 Å². The first-order valence-electron chi connectivity index (χ1n) is 2.76. The Labute approximate surface area is 99.1 Å². The standard InChI is InChI=1S/C3H10O6P2.I2/c1-3(2,10(4,5)6)11(7,8)9;1-2/h1-2H3,(H2,4,5,6)(H2,7,8,9);. The van der Waals surface area contributed by atoms with Crippen LogP contribution < -0.4 is 0 Å². The van der Waals surface area contributed by atoms with Crippen molar-refractivity contribution in [3.8, 4) is 0 Å². The number of hydrogen-bond acceptors (Lipinski definition) is 2. The molecule has 0 atom stereocenters. The van der Waals surface area contributed by atoms with Crippen LogP contribution in [0.25, 0.3) is 0 Å². The smallest absolute Gasteiger partial charge is 0.324 e. The van der Waals surface area contributed by atoms with Crippen LogP contribution in [-0.4, -0.2) is 24.5 Å². The molecule has 0 amide bonds. The lowest BCUT2D eigenvalue weighted by atomic mass is 10.5. The highest BCUT2D eigenvalue weighted by Crippen LogP contribution is 2.68. The fourth-order valence-electron chi connectivity index (χ4n) is 0.170. The van der Waals surface area contributed by atoms with E-state index in [4.69, 9.17) is 19.6 Å². The quantitative estimate of drug-likeness (QED) is 0.371. The van der Waals surface area contributed by atoms with Gasteiger partial charge in [-0.25, -0.2) is 0 Å². The lowest BCUT2D eigenvalue weighted by Gasteiger charge is -2.25. The second-order valence-electron chi connectivity index (χ2n) is 2.58. The van der Waals surface area contributed by atoms with Crippen LogP contribution in [0.2, 0.25) is 0 Å². The molecule has 0 unspecified atom stereocenters. The van der Waals surface area contributed by atoms with E-state index in [2.05, 4.69) is 37.2 Å². The summed E-state index contributed by atoms with van der Waals surface area (Å²) < 4.78 is 21.0. The summed E-state index contributed by atoms with van der Waals surface area (Å²) in [5.41, 5.74) is 0. The fraction of sp³-hybridized carbons (Fsp3) is 1.00. The average Bonchev–Trinajstić information content (AvgIpc) is 1.87. The molecule has 0 aromatic carbocycles. The largest absolute Gasteiger partial charge is 0.343 e. The van der Waals surface area contributed by atoms with Gasteiger partial charge in [-0.1, -0.05) is 0 Å². The third-order valence-corrected chi connectivity index (χ3v) is 5.84. The van der Waals surface area contributed by atoms with E-state index in [1.165, 1.54) is 0 Å². The van der Waals surface area contributed by atoms with E-state index < -0.39 is 20.1 Å². The average molecular weight is 458 g/mol. The van der Waals surface area contributed by atoms with Crippen molar-refractivity contribution in [2.75, 3.05) is 0 Å². The van der Waals surface area contributed by atoms with Gasteiger partial charge in [0.2, 0.25) is 0 Å². The Bertz CT molecular complexity index is 216. The second-order valence-corrected chi connectivity index (χ2v) is 7.35. The summed E-state index contributed by atoms with van der Waals surface area (Å²) in [6.07, 6.45) is 0. The van der Waals surface area contributed by atoms with E-state index >= 15 is 0 Å². The van der Waals surface area contributed by atoms with E-state index in [0.29, 0.717) is 0 Å². The molecule has 4 N–H and O–H groups in total. The number of hydrogen-bond donors (Lipinski definition) is 4. The van der Waals surface area contributed by atoms with Crippen LogP contribution in [0.15, 0.2) is 0 Å². The molecule has 13 heavy (non-hydrogen) atoms. The zero-order chi connectivity index (χ0) is 11.5. The predicted octanol–water partition coefficient (Wildman–Crippen LogP) is 1.85. The maximum absolute atomic E-state index is 10.5. The molecular weight excluding hydrogens is 448 g/mol. The van der Waals surface area contributed by atoms with Gasteiger partial charge in [-0.3, -0.25) is 9.13 Å². The van der Waals surface area contributed by atoms with Crippen LogP contribution in [0, 0.1) is 0 Å². The first-order chi connectivity index (χ1) is 5.50. The summed E-state index contributed by atoms with van der Waals surface area (Å²) in [6, 6.07) is 0. The zero-order valence-electron chi connectivity index (χ0n) is 6.76. The van der Waals surface area contributed by atoms with Crippen molar-refractivity contribution in [1.29, 1.82) is 0 Å². The summed E-state index contributed by atoms with van der Waals surface area (Å²) in [7, 11) is -9.51. The zero-order valence-corrected chi connectivity index (χ0v) is 12.9. The molecule has 0 heterocycles. The Morgan fingerprint density at radius 2 is 1.08 bits per heavy atom. The van der Waals surface area contributed by atoms with E-state index in [-0.39, 0.29) is 0 Å². The monoisotopic (exact) mass is 458 g/mol. The van der Waals surface area contributed by atoms with Crippen LogP contribution in [0.5, 0.6) is 0 Å². The Hall–Kier alpha value is 1.76. The fourth-order valence-corrected chi connectivity index (χ4v) is 1.53. The molecule has 0 aliphatic rings. The van der Waals surface area contributed by atoms with Gasteiger partial charge in [-0.05, 0) is 13.8 Å². The number of halogens is 2. The van der Waals surface area contributed by atoms with E-state index in [9.17, 15) is 9.13 Å². The van der Waals surface area contributed by atoms with Crippen LogP contribution in [0.3, 0.4) is 0 Å². The lowest BCUT2D eigenvalue weighted by Crippen LogP contribution is -2.19. The minimum Gasteiger partial charge on any atom is -0.324 e. The van der Waals surface area contributed by atoms with Gasteiger partial charge in [0.1, 0.15) is 0 Å². The Morgan fingerprint density at radius 1 is 0.923 bits per heavy atom. The van der Waals surface area contributed by atoms with Crippen molar-refractivity contribution < 1.29 is 28.7 Å². The highest BCUT2D eigenvalue weighted by Gasteiger charge is 2.52. The Kier molecular flexibility index (Phi) is 7.58. The van der Waals surface area contributed by atoms with Crippen LogP contribution in [0.1, 0.15) is 13.8 Å². The van der Waals surface area contributed by atoms with E-state index in [0.717, 1.165) is 13.8 Å². The van der Waals surface area contributed by atoms with Gasteiger partial charge in [-0.15, -0.1) is 0 Å². The summed E-state index contributed by atoms with van der Waals surface area (Å²) in [4.78, 5) is 31.7. The molecular formula is C3H10I2O6P2. The summed E-state index contributed by atoms with van der Waals surface area (Å²) in [5.74, 6) is 0. The lowest BCUT2D eigenvalue weighted by molar-refractivity contribution is 0.318. The van der Waals surface area contributed by atoms with Crippen molar-refractivity contribution in [3.05, 3.63) is 0 Å². The molecule has 0 saturated heterocycles. The van der Waals surface area contributed by atoms with Gasteiger partial charge in [0.25, 0.3) is 0 Å². The van der Waals surface area contributed by atoms with Gasteiger partial charge < -0.3 is 19.6 Å². The van der Waals surface area contributed by atoms with Crippen molar-refractivity contribution in [2.24, 2.45) is 0 Å². The summed E-state index contributed by atoms with van der Waals surface area (Å²) in [5, 5.41) is 0. The minimum absolute atomic E-state index is 0.828. The maximum atomic E-state index is 10.5. The molecule has 82 valence electrons. The van der Waals surface area contributed by atoms with Crippen molar-refractivity contribution in [2.45, 2.75) is 18.7 Å². The van der Waals surface area contributed by atoms with Gasteiger partial charge in [0, 0.05) is 37.2 Å². The molecule has 0 spiro atoms. The van der Waals surface area contributed by atoms with Crippen LogP contribution in [-0.2, 0) is 9.13 Å². The molecule has 0 aromatic rings. The molecule has 0 saturated carbocycles. The Balaban J connectivity index is 0. The van der Waals surface area contributed by atoms with Crippen LogP contribution in [0.4, 0.5) is 0 Å². The van der Waals surface area contributed by atoms with Gasteiger partial charge in [0.05, 0.1) is 0 Å². The van der Waals surface area contributed by atoms with Gasteiger partial charge in [-0.2, -0.15) is 0 Å². The molecule has 0 aliphatic heterocycles. The predicted molar refractivity (Wildman–Crippen MR) is 66.2 cm³/mol. The van der Waals surface area contributed by atoms with Crippen molar-refractivity contribution in [3.63, 3.8) is 0 Å². The minimum atomic E-state index is -4.75. The molecule has 10 heteroatoms. The maximum Gasteiger partial charge on any atom is 0.343 e. The molecule has 0 fully saturated rings. The first kappa shape index (κ1) is 17.2. The normalized spacial score (nSPS) is 13.2. The highest BCUT2D eigenvalue weighted by atomic mass is 128. The topological polar surface area (TPSA) is 115 Å². The molecule has 0 aliphatic carbocycles.